The van der Waals surface area contributed by atoms with Crippen LogP contribution in [0.2, 0.25) is 0 Å². The predicted molar refractivity (Wildman–Crippen MR) is 104 cm³/mol. The molecule has 0 aliphatic carbocycles. The fourth-order valence-electron chi connectivity index (χ4n) is 3.23. The number of nitrogens with zero attached hydrogens (tertiary/aromatic N) is 1. The maximum atomic E-state index is 10.9. The van der Waals surface area contributed by atoms with Crippen LogP contribution < -0.4 is 0 Å². The first-order valence-corrected chi connectivity index (χ1v) is 9.97. The van der Waals surface area contributed by atoms with Gasteiger partial charge in [0, 0.05) is 19.3 Å². The molecule has 0 fully saturated rings. The largest absolute Gasteiger partial charge is 0.481 e. The zero-order valence-corrected chi connectivity index (χ0v) is 16.6. The van der Waals surface area contributed by atoms with Gasteiger partial charge in [-0.25, -0.2) is 0 Å². The molecule has 7 nitrogen and oxygen atoms in total. The molecule has 0 aliphatic rings. The number of carbonyl (C=O) groups is 3. The summed E-state index contributed by atoms with van der Waals surface area (Å²) >= 11 is 0. The summed E-state index contributed by atoms with van der Waals surface area (Å²) < 4.78 is 0.554. The van der Waals surface area contributed by atoms with E-state index in [1.165, 1.54) is 6.42 Å². The standard InChI is InChI=1S/C20H35NO6/c1-2-3-4-5-6-7-14-21(15-8-11-18(22)23,16-9-12-19(24)25)17-10-13-20(26)27/h6-7H,2-5,8-17H2,1H3,(H2-,22,23,24,25,26,27)/p+1/b7-6+. The first kappa shape index (κ1) is 25.1. The monoisotopic (exact) mass is 386 g/mol. The average molecular weight is 387 g/mol. The molecule has 0 atom stereocenters. The number of hydrogen-bond acceptors (Lipinski definition) is 3. The zero-order chi connectivity index (χ0) is 20.5. The topological polar surface area (TPSA) is 112 Å². The van der Waals surface area contributed by atoms with Crippen molar-refractivity contribution in [1.82, 2.24) is 0 Å². The molecule has 0 radical (unpaired) electrons. The molecule has 0 aromatic heterocycles. The van der Waals surface area contributed by atoms with Gasteiger partial charge in [0.25, 0.3) is 0 Å². The van der Waals surface area contributed by atoms with Crippen molar-refractivity contribution < 1.29 is 34.2 Å². The van der Waals surface area contributed by atoms with Crippen LogP contribution in [0.1, 0.15) is 71.1 Å². The Morgan fingerprint density at radius 1 is 0.704 bits per heavy atom. The van der Waals surface area contributed by atoms with E-state index < -0.39 is 17.9 Å². The highest BCUT2D eigenvalue weighted by Gasteiger charge is 2.26. The number of allylic oxidation sites excluding steroid dienone is 1. The molecule has 0 amide bonds. The van der Waals surface area contributed by atoms with E-state index in [1.807, 2.05) is 0 Å². The Morgan fingerprint density at radius 3 is 1.52 bits per heavy atom. The molecular formula is C20H36NO6+. The summed E-state index contributed by atoms with van der Waals surface area (Å²) in [7, 11) is 0. The minimum atomic E-state index is -0.848. The van der Waals surface area contributed by atoms with Gasteiger partial charge in [0.2, 0.25) is 0 Å². The van der Waals surface area contributed by atoms with Gasteiger partial charge in [-0.05, 0) is 18.9 Å². The quantitative estimate of drug-likeness (QED) is 0.189. The molecule has 0 saturated heterocycles. The Balaban J connectivity index is 4.98. The molecule has 0 aliphatic heterocycles. The first-order chi connectivity index (χ1) is 12.8. The molecule has 0 saturated carbocycles. The van der Waals surface area contributed by atoms with Crippen LogP contribution in [0.5, 0.6) is 0 Å². The normalized spacial score (nSPS) is 11.7. The van der Waals surface area contributed by atoms with Crippen LogP contribution in [-0.4, -0.2) is 63.9 Å². The number of hydrogen-bond donors (Lipinski definition) is 3. The lowest BCUT2D eigenvalue weighted by molar-refractivity contribution is -0.923. The molecule has 27 heavy (non-hydrogen) atoms. The van der Waals surface area contributed by atoms with Gasteiger partial charge in [-0.15, -0.1) is 0 Å². The van der Waals surface area contributed by atoms with Gasteiger partial charge in [0.15, 0.2) is 0 Å². The molecular weight excluding hydrogens is 350 g/mol. The number of unbranched alkanes of at least 4 members (excludes halogenated alkanes) is 3. The van der Waals surface area contributed by atoms with Crippen molar-refractivity contribution in [3.05, 3.63) is 12.2 Å². The number of rotatable bonds is 18. The van der Waals surface area contributed by atoms with Crippen molar-refractivity contribution in [2.45, 2.75) is 71.1 Å². The first-order valence-electron chi connectivity index (χ1n) is 9.97. The second-order valence-electron chi connectivity index (χ2n) is 7.15. The minimum absolute atomic E-state index is 0.0675. The molecule has 0 unspecified atom stereocenters. The lowest BCUT2D eigenvalue weighted by atomic mass is 10.1. The number of carboxylic acid groups (broad SMARTS) is 3. The van der Waals surface area contributed by atoms with Crippen molar-refractivity contribution in [2.24, 2.45) is 0 Å². The Morgan fingerprint density at radius 2 is 1.15 bits per heavy atom. The molecule has 0 aromatic rings. The summed E-state index contributed by atoms with van der Waals surface area (Å²) in [6, 6.07) is 0. The minimum Gasteiger partial charge on any atom is -0.481 e. The van der Waals surface area contributed by atoms with Gasteiger partial charge in [-0.3, -0.25) is 14.4 Å². The highest BCUT2D eigenvalue weighted by Crippen LogP contribution is 2.16. The fourth-order valence-corrected chi connectivity index (χ4v) is 3.23. The van der Waals surface area contributed by atoms with Gasteiger partial charge in [0.1, 0.15) is 0 Å². The van der Waals surface area contributed by atoms with Crippen LogP contribution in [0.3, 0.4) is 0 Å². The summed E-state index contributed by atoms with van der Waals surface area (Å²) in [4.78, 5) is 32.6. The maximum Gasteiger partial charge on any atom is 0.303 e. The van der Waals surface area contributed by atoms with Crippen LogP contribution in [0, 0.1) is 0 Å². The van der Waals surface area contributed by atoms with E-state index in [0.717, 1.165) is 19.3 Å². The number of aliphatic carboxylic acids is 3. The van der Waals surface area contributed by atoms with Crippen LogP contribution in [-0.2, 0) is 14.4 Å². The maximum absolute atomic E-state index is 10.9. The van der Waals surface area contributed by atoms with E-state index in [4.69, 9.17) is 15.3 Å². The molecule has 0 spiro atoms. The van der Waals surface area contributed by atoms with E-state index in [9.17, 15) is 14.4 Å². The fraction of sp³-hybridized carbons (Fsp3) is 0.750. The summed E-state index contributed by atoms with van der Waals surface area (Å²) in [6.45, 7) is 4.68. The third-order valence-electron chi connectivity index (χ3n) is 4.70. The third-order valence-corrected chi connectivity index (χ3v) is 4.70. The molecule has 3 N–H and O–H groups in total. The summed E-state index contributed by atoms with van der Waals surface area (Å²) in [5.74, 6) is -2.54. The van der Waals surface area contributed by atoms with Crippen LogP contribution in [0.4, 0.5) is 0 Å². The molecule has 156 valence electrons. The highest BCUT2D eigenvalue weighted by molar-refractivity contribution is 5.67. The Hall–Kier alpha value is -1.89. The van der Waals surface area contributed by atoms with Crippen molar-refractivity contribution in [1.29, 1.82) is 0 Å². The summed E-state index contributed by atoms with van der Waals surface area (Å²) in [5.41, 5.74) is 0. The molecule has 0 bridgehead atoms. The second kappa shape index (κ2) is 15.2. The number of carboxylic acids is 3. The van der Waals surface area contributed by atoms with Gasteiger partial charge in [-0.1, -0.05) is 25.8 Å². The van der Waals surface area contributed by atoms with Gasteiger partial charge in [-0.2, -0.15) is 0 Å². The number of quaternary nitrogens is 1. The van der Waals surface area contributed by atoms with Gasteiger partial charge in [0.05, 0.1) is 45.4 Å². The second-order valence-corrected chi connectivity index (χ2v) is 7.15. The molecule has 7 heteroatoms. The Bertz CT molecular complexity index is 425. The third kappa shape index (κ3) is 14.9. The van der Waals surface area contributed by atoms with Crippen molar-refractivity contribution >= 4 is 17.9 Å². The van der Waals surface area contributed by atoms with E-state index in [0.29, 0.717) is 49.9 Å². The Labute approximate surface area is 162 Å². The van der Waals surface area contributed by atoms with Crippen LogP contribution in [0.15, 0.2) is 12.2 Å². The van der Waals surface area contributed by atoms with Gasteiger partial charge < -0.3 is 19.8 Å². The van der Waals surface area contributed by atoms with Crippen LogP contribution >= 0.6 is 0 Å². The predicted octanol–water partition coefficient (Wildman–Crippen LogP) is 3.53. The van der Waals surface area contributed by atoms with Crippen molar-refractivity contribution in [3.63, 3.8) is 0 Å². The van der Waals surface area contributed by atoms with E-state index in [2.05, 4.69) is 19.1 Å². The van der Waals surface area contributed by atoms with Crippen LogP contribution in [0.25, 0.3) is 0 Å². The van der Waals surface area contributed by atoms with E-state index in [1.54, 1.807) is 0 Å². The highest BCUT2D eigenvalue weighted by atomic mass is 16.4. The van der Waals surface area contributed by atoms with E-state index >= 15 is 0 Å². The molecule has 0 aromatic carbocycles. The smallest absolute Gasteiger partial charge is 0.303 e. The lowest BCUT2D eigenvalue weighted by Crippen LogP contribution is -2.50. The average Bonchev–Trinajstić information content (AvgIpc) is 2.57. The Kier molecular flexibility index (Phi) is 14.1. The molecule has 0 rings (SSSR count). The SMILES string of the molecule is CCCCC/C=C/C[N+](CCCC(=O)O)(CCCC(=O)O)CCCC(=O)O. The summed E-state index contributed by atoms with van der Waals surface area (Å²) in [5, 5.41) is 26.8. The lowest BCUT2D eigenvalue weighted by Gasteiger charge is -2.38. The van der Waals surface area contributed by atoms with Crippen molar-refractivity contribution in [2.75, 3.05) is 26.2 Å². The summed E-state index contributed by atoms with van der Waals surface area (Å²) in [6.07, 6.45) is 10.4. The zero-order valence-electron chi connectivity index (χ0n) is 16.6. The molecule has 0 heterocycles. The van der Waals surface area contributed by atoms with Gasteiger partial charge >= 0.3 is 17.9 Å². The van der Waals surface area contributed by atoms with E-state index in [-0.39, 0.29) is 19.3 Å². The van der Waals surface area contributed by atoms with Crippen molar-refractivity contribution in [3.8, 4) is 0 Å².